The van der Waals surface area contributed by atoms with Crippen LogP contribution in [0.5, 0.6) is 0 Å². The van der Waals surface area contributed by atoms with Gasteiger partial charge in [0, 0.05) is 0 Å². The van der Waals surface area contributed by atoms with Gasteiger partial charge in [0.15, 0.2) is 0 Å². The van der Waals surface area contributed by atoms with E-state index >= 15 is 0 Å². The summed E-state index contributed by atoms with van der Waals surface area (Å²) in [6.07, 6.45) is 0. The molecule has 0 aliphatic carbocycles. The monoisotopic (exact) mass is 568 g/mol. The van der Waals surface area contributed by atoms with Crippen LogP contribution in [0.4, 0.5) is 0 Å². The van der Waals surface area contributed by atoms with Gasteiger partial charge in [0.25, 0.3) is 0 Å². The SMILES string of the molecule is CCN(CC)C(=[Se])[Se][Se][Se]C(=[Se])N(CC)CC. The Morgan fingerprint density at radius 2 is 1.06 bits per heavy atom. The molecule has 0 N–H and O–H groups in total. The summed E-state index contributed by atoms with van der Waals surface area (Å²) in [5, 5.41) is 0. The van der Waals surface area contributed by atoms with Crippen molar-refractivity contribution in [3.8, 4) is 0 Å². The van der Waals surface area contributed by atoms with E-state index in [2.05, 4.69) is 68.6 Å². The second-order valence-electron chi connectivity index (χ2n) is 3.11. The zero-order valence-electron chi connectivity index (χ0n) is 10.8. The first-order chi connectivity index (χ1) is 8.10. The van der Waals surface area contributed by atoms with Crippen LogP contribution in [0.15, 0.2) is 0 Å². The van der Waals surface area contributed by atoms with Gasteiger partial charge in [0.05, 0.1) is 0 Å². The number of hydrogen-bond acceptors (Lipinski definition) is 2. The molecular formula is C10H20N2Se5. The van der Waals surface area contributed by atoms with Crippen LogP contribution in [0.3, 0.4) is 0 Å². The number of rotatable bonds is 10. The van der Waals surface area contributed by atoms with Gasteiger partial charge in [0.1, 0.15) is 0 Å². The van der Waals surface area contributed by atoms with Crippen LogP contribution < -0.4 is 0 Å². The molecule has 0 radical (unpaired) electrons. The Morgan fingerprint density at radius 1 is 0.765 bits per heavy atom. The quantitative estimate of drug-likeness (QED) is 0.319. The first-order valence-electron chi connectivity index (χ1n) is 5.69. The molecule has 0 aromatic rings. The molecule has 2 nitrogen and oxygen atoms in total. The molecule has 0 saturated carbocycles. The van der Waals surface area contributed by atoms with Gasteiger partial charge in [-0.15, -0.1) is 0 Å². The maximum absolute atomic E-state index is 3.27. The van der Waals surface area contributed by atoms with E-state index in [1.54, 1.807) is 0 Å². The van der Waals surface area contributed by atoms with Crippen molar-refractivity contribution in [2.45, 2.75) is 27.7 Å². The summed E-state index contributed by atoms with van der Waals surface area (Å²) in [7, 11) is 0. The van der Waals surface area contributed by atoms with Gasteiger partial charge in [-0.05, 0) is 0 Å². The summed E-state index contributed by atoms with van der Waals surface area (Å²) in [6, 6.07) is 0. The van der Waals surface area contributed by atoms with Crippen molar-refractivity contribution >= 4 is 75.6 Å². The van der Waals surface area contributed by atoms with Crippen LogP contribution in [-0.4, -0.2) is 112 Å². The third-order valence-corrected chi connectivity index (χ3v) is 25.3. The second-order valence-corrected chi connectivity index (χ2v) is 22.8. The van der Waals surface area contributed by atoms with E-state index in [0.29, 0.717) is 26.3 Å². The number of nitrogens with zero attached hydrogens (tertiary/aromatic N) is 2. The van der Waals surface area contributed by atoms with Crippen molar-refractivity contribution in [1.82, 2.24) is 9.80 Å². The van der Waals surface area contributed by atoms with E-state index in [9.17, 15) is 0 Å². The van der Waals surface area contributed by atoms with Crippen LogP contribution in [0.1, 0.15) is 27.7 Å². The molecule has 17 heavy (non-hydrogen) atoms. The predicted molar refractivity (Wildman–Crippen MR) is 84.6 cm³/mol. The van der Waals surface area contributed by atoms with Crippen molar-refractivity contribution in [2.24, 2.45) is 0 Å². The van der Waals surface area contributed by atoms with Gasteiger partial charge in [-0.2, -0.15) is 0 Å². The first-order valence-corrected chi connectivity index (χ1v) is 17.8. The van der Waals surface area contributed by atoms with E-state index in [-0.39, 0.29) is 0 Å². The Balaban J connectivity index is 3.90. The van der Waals surface area contributed by atoms with Gasteiger partial charge in [0.2, 0.25) is 0 Å². The second kappa shape index (κ2) is 11.7. The van der Waals surface area contributed by atoms with Gasteiger partial charge in [-0.1, -0.05) is 0 Å². The molecule has 0 aliphatic rings. The van der Waals surface area contributed by atoms with E-state index < -0.39 is 0 Å². The molecule has 0 saturated heterocycles. The Kier molecular flexibility index (Phi) is 13.1. The summed E-state index contributed by atoms with van der Waals surface area (Å²) in [5.41, 5.74) is 0. The Labute approximate surface area is 138 Å². The standard InChI is InChI=1S/C10H20N2Se5/c1-5-11(6-2)9(13)15-17-16-10(14)12(7-3)8-4/h5-8H2,1-4H3. The third kappa shape index (κ3) is 7.95. The molecule has 0 aliphatic heterocycles. The summed E-state index contributed by atoms with van der Waals surface area (Å²) >= 11 is 8.69. The topological polar surface area (TPSA) is 6.48 Å². The molecule has 0 rings (SSSR count). The van der Waals surface area contributed by atoms with Gasteiger partial charge >= 0.3 is 139 Å². The molecule has 0 amide bonds. The van der Waals surface area contributed by atoms with Gasteiger partial charge < -0.3 is 0 Å². The van der Waals surface area contributed by atoms with Gasteiger partial charge in [-0.25, -0.2) is 0 Å². The van der Waals surface area contributed by atoms with Crippen LogP contribution in [0.2, 0.25) is 0 Å². The van der Waals surface area contributed by atoms with Crippen molar-refractivity contribution in [3.63, 3.8) is 0 Å². The van der Waals surface area contributed by atoms with E-state index in [4.69, 9.17) is 0 Å². The van der Waals surface area contributed by atoms with Crippen LogP contribution in [0.25, 0.3) is 0 Å². The number of hydrogen-bond donors (Lipinski definition) is 0. The van der Waals surface area contributed by atoms with Gasteiger partial charge in [-0.3, -0.25) is 0 Å². The van der Waals surface area contributed by atoms with Crippen LogP contribution in [0, 0.1) is 0 Å². The van der Waals surface area contributed by atoms with Crippen molar-refractivity contribution in [2.75, 3.05) is 26.2 Å². The van der Waals surface area contributed by atoms with Crippen molar-refractivity contribution in [1.29, 1.82) is 0 Å². The Bertz CT molecular complexity index is 215. The zero-order valence-corrected chi connectivity index (χ0v) is 19.3. The van der Waals surface area contributed by atoms with Crippen molar-refractivity contribution in [3.05, 3.63) is 0 Å². The van der Waals surface area contributed by atoms with E-state index in [0.717, 1.165) is 37.5 Å². The molecule has 0 spiro atoms. The summed E-state index contributed by atoms with van der Waals surface area (Å²) in [5.74, 6) is 0. The molecular weight excluding hydrogens is 543 g/mol. The average Bonchev–Trinajstić information content (AvgIpc) is 2.32. The molecule has 0 aromatic heterocycles. The molecule has 100 valence electrons. The fourth-order valence-corrected chi connectivity index (χ4v) is 32.9. The van der Waals surface area contributed by atoms with Crippen LogP contribution in [-0.2, 0) is 0 Å². The fraction of sp³-hybridized carbons (Fsp3) is 0.800. The molecule has 0 fully saturated rings. The predicted octanol–water partition coefficient (Wildman–Crippen LogP) is -0.876. The molecule has 0 aromatic carbocycles. The normalized spacial score (nSPS) is 10.1. The van der Waals surface area contributed by atoms with Crippen LogP contribution >= 0.6 is 0 Å². The average molecular weight is 563 g/mol. The zero-order chi connectivity index (χ0) is 13.3. The van der Waals surface area contributed by atoms with E-state index in [1.807, 2.05) is 0 Å². The molecule has 7 heteroatoms. The first kappa shape index (κ1) is 18.9. The third-order valence-electron chi connectivity index (χ3n) is 2.25. The van der Waals surface area contributed by atoms with Crippen molar-refractivity contribution < 1.29 is 0 Å². The minimum absolute atomic E-state index is 0.682. The fourth-order valence-electron chi connectivity index (χ4n) is 1.14. The summed E-state index contributed by atoms with van der Waals surface area (Å²) in [6.45, 7) is 13.5. The minimum atomic E-state index is 0.682. The molecule has 0 atom stereocenters. The summed E-state index contributed by atoms with van der Waals surface area (Å²) < 4.78 is 3.02. The molecule has 0 bridgehead atoms. The maximum atomic E-state index is 3.27. The Hall–Kier alpha value is 1.94. The molecule has 0 heterocycles. The summed E-state index contributed by atoms with van der Waals surface area (Å²) in [4.78, 5) is 4.91. The Morgan fingerprint density at radius 3 is 1.29 bits per heavy atom. The molecule has 0 unspecified atom stereocenters. The van der Waals surface area contributed by atoms with E-state index in [1.165, 1.54) is 6.88 Å².